The van der Waals surface area contributed by atoms with Gasteiger partial charge in [-0.25, -0.2) is 0 Å². The molecular weight excluding hydrogens is 290 g/mol. The van der Waals surface area contributed by atoms with Crippen LogP contribution in [-0.4, -0.2) is 4.57 Å². The fourth-order valence-corrected chi connectivity index (χ4v) is 3.60. The fraction of sp³-hybridized carbons (Fsp3) is 0.130. The highest BCUT2D eigenvalue weighted by Gasteiger charge is 2.16. The molecule has 0 fully saturated rings. The molecular formula is C23H21N. The summed E-state index contributed by atoms with van der Waals surface area (Å²) in [5.41, 5.74) is 5.25. The maximum atomic E-state index is 2.44. The lowest BCUT2D eigenvalue weighted by atomic mass is 10.0. The molecule has 1 atom stereocenters. The molecule has 4 rings (SSSR count). The largest absolute Gasteiger partial charge is 0.339 e. The summed E-state index contributed by atoms with van der Waals surface area (Å²) >= 11 is 0. The van der Waals surface area contributed by atoms with Crippen molar-refractivity contribution in [1.82, 2.24) is 4.57 Å². The highest BCUT2D eigenvalue weighted by molar-refractivity contribution is 5.94. The second-order valence-electron chi connectivity index (χ2n) is 6.17. The summed E-state index contributed by atoms with van der Waals surface area (Å²) in [5, 5.41) is 1.30. The summed E-state index contributed by atoms with van der Waals surface area (Å²) in [6, 6.07) is 30.6. The first kappa shape index (κ1) is 14.8. The van der Waals surface area contributed by atoms with Gasteiger partial charge < -0.3 is 4.57 Å². The first-order valence-electron chi connectivity index (χ1n) is 8.58. The summed E-state index contributed by atoms with van der Waals surface area (Å²) in [6.07, 6.45) is 3.30. The van der Waals surface area contributed by atoms with E-state index in [1.54, 1.807) is 0 Å². The Morgan fingerprint density at radius 2 is 1.46 bits per heavy atom. The molecule has 4 aromatic rings. The number of hydrogen-bond donors (Lipinski definition) is 0. The third kappa shape index (κ3) is 2.52. The third-order valence-corrected chi connectivity index (χ3v) is 4.73. The summed E-state index contributed by atoms with van der Waals surface area (Å²) in [5.74, 6) is 0. The Morgan fingerprint density at radius 3 is 2.17 bits per heavy atom. The van der Waals surface area contributed by atoms with Gasteiger partial charge in [0.15, 0.2) is 0 Å². The molecule has 0 aliphatic heterocycles. The Hall–Kier alpha value is -2.80. The molecule has 3 aromatic carbocycles. The third-order valence-electron chi connectivity index (χ3n) is 4.73. The van der Waals surface area contributed by atoms with Gasteiger partial charge in [-0.05, 0) is 23.6 Å². The van der Waals surface area contributed by atoms with Crippen LogP contribution in [0, 0.1) is 0 Å². The van der Waals surface area contributed by atoms with Crippen LogP contribution < -0.4 is 0 Å². The molecule has 0 N–H and O–H groups in total. The summed E-state index contributed by atoms with van der Waals surface area (Å²) < 4.78 is 2.44. The van der Waals surface area contributed by atoms with E-state index < -0.39 is 0 Å². The zero-order valence-corrected chi connectivity index (χ0v) is 13.9. The number of benzene rings is 3. The van der Waals surface area contributed by atoms with Crippen LogP contribution in [0.15, 0.2) is 91.1 Å². The molecule has 0 aliphatic rings. The van der Waals surface area contributed by atoms with Crippen molar-refractivity contribution in [1.29, 1.82) is 0 Å². The van der Waals surface area contributed by atoms with Gasteiger partial charge in [0.25, 0.3) is 0 Å². The Balaban J connectivity index is 1.94. The summed E-state index contributed by atoms with van der Waals surface area (Å²) in [7, 11) is 0. The van der Waals surface area contributed by atoms with Crippen LogP contribution in [0.2, 0.25) is 0 Å². The van der Waals surface area contributed by atoms with Crippen molar-refractivity contribution >= 4 is 10.9 Å². The molecule has 24 heavy (non-hydrogen) atoms. The number of nitrogens with zero attached hydrogens (tertiary/aromatic N) is 1. The molecule has 1 heteroatoms. The topological polar surface area (TPSA) is 4.93 Å². The van der Waals surface area contributed by atoms with Crippen LogP contribution in [0.4, 0.5) is 0 Å². The van der Waals surface area contributed by atoms with Crippen molar-refractivity contribution in [2.45, 2.75) is 19.4 Å². The molecule has 0 saturated heterocycles. The van der Waals surface area contributed by atoms with Gasteiger partial charge in [-0.3, -0.25) is 0 Å². The van der Waals surface area contributed by atoms with Crippen molar-refractivity contribution in [3.05, 3.63) is 96.7 Å². The van der Waals surface area contributed by atoms with Gasteiger partial charge in [-0.15, -0.1) is 0 Å². The van der Waals surface area contributed by atoms with Crippen LogP contribution in [0.5, 0.6) is 0 Å². The maximum absolute atomic E-state index is 2.44. The van der Waals surface area contributed by atoms with Gasteiger partial charge in [0.1, 0.15) is 0 Å². The van der Waals surface area contributed by atoms with Gasteiger partial charge >= 0.3 is 0 Å². The second kappa shape index (κ2) is 6.37. The predicted octanol–water partition coefficient (Wildman–Crippen LogP) is 6.31. The smallest absolute Gasteiger partial charge is 0.0583 e. The number of hydrogen-bond acceptors (Lipinski definition) is 0. The zero-order valence-electron chi connectivity index (χ0n) is 13.9. The number of rotatable bonds is 4. The molecule has 0 amide bonds. The lowest BCUT2D eigenvalue weighted by molar-refractivity contribution is 0.586. The molecule has 0 spiro atoms. The Labute approximate surface area is 143 Å². The summed E-state index contributed by atoms with van der Waals surface area (Å²) in [6.45, 7) is 2.26. The van der Waals surface area contributed by atoms with Crippen LogP contribution in [0.3, 0.4) is 0 Å². The standard InChI is InChI=1S/C23H21N/c1-2-22(19-12-7-4-8-13-19)24-17-16-20-14-9-15-21(23(20)24)18-10-5-3-6-11-18/h3-17,22H,2H2,1H3/t22-/m0/s1. The predicted molar refractivity (Wildman–Crippen MR) is 102 cm³/mol. The van der Waals surface area contributed by atoms with Gasteiger partial charge in [-0.2, -0.15) is 0 Å². The molecule has 118 valence electrons. The Morgan fingerprint density at radius 1 is 0.750 bits per heavy atom. The molecule has 0 bridgehead atoms. The minimum Gasteiger partial charge on any atom is -0.339 e. The van der Waals surface area contributed by atoms with E-state index in [1.165, 1.54) is 27.6 Å². The van der Waals surface area contributed by atoms with E-state index >= 15 is 0 Å². The lowest BCUT2D eigenvalue weighted by Gasteiger charge is -2.20. The van der Waals surface area contributed by atoms with Crippen molar-refractivity contribution in [2.24, 2.45) is 0 Å². The van der Waals surface area contributed by atoms with Crippen LogP contribution in [-0.2, 0) is 0 Å². The van der Waals surface area contributed by atoms with Crippen molar-refractivity contribution in [3.63, 3.8) is 0 Å². The second-order valence-corrected chi connectivity index (χ2v) is 6.17. The van der Waals surface area contributed by atoms with Gasteiger partial charge in [0.2, 0.25) is 0 Å². The van der Waals surface area contributed by atoms with Crippen molar-refractivity contribution in [2.75, 3.05) is 0 Å². The van der Waals surface area contributed by atoms with E-state index in [0.29, 0.717) is 6.04 Å². The van der Waals surface area contributed by atoms with E-state index in [0.717, 1.165) is 6.42 Å². The SMILES string of the molecule is CC[C@@H](c1ccccc1)n1ccc2cccc(-c3ccccc3)c21. The number of para-hydroxylation sites is 1. The van der Waals surface area contributed by atoms with Gasteiger partial charge in [-0.1, -0.05) is 85.8 Å². The molecule has 1 nitrogen and oxygen atoms in total. The average Bonchev–Trinajstić information content (AvgIpc) is 3.08. The quantitative estimate of drug-likeness (QED) is 0.416. The number of aromatic nitrogens is 1. The van der Waals surface area contributed by atoms with E-state index in [9.17, 15) is 0 Å². The maximum Gasteiger partial charge on any atom is 0.0583 e. The number of fused-ring (bicyclic) bond motifs is 1. The summed E-state index contributed by atoms with van der Waals surface area (Å²) in [4.78, 5) is 0. The van der Waals surface area contributed by atoms with Gasteiger partial charge in [0.05, 0.1) is 11.6 Å². The highest BCUT2D eigenvalue weighted by Crippen LogP contribution is 2.34. The Bertz CT molecular complexity index is 936. The fourth-order valence-electron chi connectivity index (χ4n) is 3.60. The van der Waals surface area contributed by atoms with Gasteiger partial charge in [0, 0.05) is 17.1 Å². The lowest BCUT2D eigenvalue weighted by Crippen LogP contribution is -2.08. The minimum atomic E-state index is 0.355. The zero-order chi connectivity index (χ0) is 16.4. The highest BCUT2D eigenvalue weighted by atomic mass is 15.0. The monoisotopic (exact) mass is 311 g/mol. The molecule has 0 saturated carbocycles. The van der Waals surface area contributed by atoms with E-state index in [-0.39, 0.29) is 0 Å². The van der Waals surface area contributed by atoms with Crippen molar-refractivity contribution < 1.29 is 0 Å². The molecule has 0 radical (unpaired) electrons. The van der Waals surface area contributed by atoms with E-state index in [2.05, 4.69) is 103 Å². The Kier molecular flexibility index (Phi) is 3.92. The molecule has 1 heterocycles. The normalized spacial score (nSPS) is 12.4. The first-order valence-corrected chi connectivity index (χ1v) is 8.58. The van der Waals surface area contributed by atoms with Crippen LogP contribution >= 0.6 is 0 Å². The van der Waals surface area contributed by atoms with Crippen LogP contribution in [0.25, 0.3) is 22.0 Å². The minimum absolute atomic E-state index is 0.355. The van der Waals surface area contributed by atoms with Crippen molar-refractivity contribution in [3.8, 4) is 11.1 Å². The van der Waals surface area contributed by atoms with Crippen LogP contribution in [0.1, 0.15) is 24.9 Å². The molecule has 0 aliphatic carbocycles. The first-order chi connectivity index (χ1) is 11.9. The van der Waals surface area contributed by atoms with E-state index in [1.807, 2.05) is 0 Å². The van der Waals surface area contributed by atoms with E-state index in [4.69, 9.17) is 0 Å². The average molecular weight is 311 g/mol. The molecule has 1 aromatic heterocycles. The molecule has 0 unspecified atom stereocenters.